The number of nitrogens with one attached hydrogen (secondary N) is 1. The molecule has 0 bridgehead atoms. The van der Waals surface area contributed by atoms with Crippen molar-refractivity contribution in [1.82, 2.24) is 0 Å². The summed E-state index contributed by atoms with van der Waals surface area (Å²) >= 11 is 0. The van der Waals surface area contributed by atoms with E-state index in [2.05, 4.69) is 0 Å². The van der Waals surface area contributed by atoms with E-state index in [1.165, 1.54) is 12.1 Å². The maximum Gasteiger partial charge on any atom is 0.262 e. The number of nitriles is 1. The number of hydrogen-bond acceptors (Lipinski definition) is 4. The zero-order valence-electron chi connectivity index (χ0n) is 10.5. The third kappa shape index (κ3) is 3.09. The first-order valence-electron chi connectivity index (χ1n) is 5.61. The molecule has 8 heteroatoms. The Morgan fingerprint density at radius 3 is 2.43 bits per heavy atom. The summed E-state index contributed by atoms with van der Waals surface area (Å²) < 4.78 is 52.9. The van der Waals surface area contributed by atoms with E-state index in [1.807, 2.05) is 4.72 Å². The van der Waals surface area contributed by atoms with Gasteiger partial charge in [-0.1, -0.05) is 0 Å². The summed E-state index contributed by atoms with van der Waals surface area (Å²) in [7, 11) is -4.15. The van der Waals surface area contributed by atoms with E-state index in [0.29, 0.717) is 0 Å². The highest BCUT2D eigenvalue weighted by molar-refractivity contribution is 7.92. The molecule has 5 nitrogen and oxygen atoms in total. The quantitative estimate of drug-likeness (QED) is 0.850. The largest absolute Gasteiger partial charge is 0.399 e. The van der Waals surface area contributed by atoms with Crippen molar-refractivity contribution in [1.29, 1.82) is 5.26 Å². The Labute approximate surface area is 119 Å². The summed E-state index contributed by atoms with van der Waals surface area (Å²) in [6.07, 6.45) is 0. The molecule has 2 aromatic carbocycles. The monoisotopic (exact) mass is 309 g/mol. The summed E-state index contributed by atoms with van der Waals surface area (Å²) in [6.45, 7) is 0. The second-order valence-electron chi connectivity index (χ2n) is 4.10. The van der Waals surface area contributed by atoms with Gasteiger partial charge >= 0.3 is 0 Å². The lowest BCUT2D eigenvalue weighted by atomic mass is 10.2. The minimum Gasteiger partial charge on any atom is -0.399 e. The molecule has 0 aliphatic rings. The average Bonchev–Trinajstić information content (AvgIpc) is 2.42. The Morgan fingerprint density at radius 2 is 1.81 bits per heavy atom. The third-order valence-electron chi connectivity index (χ3n) is 2.61. The van der Waals surface area contributed by atoms with Crippen LogP contribution in [0.1, 0.15) is 5.56 Å². The van der Waals surface area contributed by atoms with E-state index in [4.69, 9.17) is 11.0 Å². The van der Waals surface area contributed by atoms with Crippen molar-refractivity contribution in [3.63, 3.8) is 0 Å². The molecule has 0 saturated carbocycles. The summed E-state index contributed by atoms with van der Waals surface area (Å²) in [5, 5.41) is 8.69. The van der Waals surface area contributed by atoms with Gasteiger partial charge < -0.3 is 5.73 Å². The van der Waals surface area contributed by atoms with Crippen molar-refractivity contribution in [2.45, 2.75) is 4.90 Å². The average molecular weight is 309 g/mol. The zero-order valence-corrected chi connectivity index (χ0v) is 11.3. The molecule has 2 aromatic rings. The van der Waals surface area contributed by atoms with Gasteiger partial charge in [0, 0.05) is 5.69 Å². The zero-order chi connectivity index (χ0) is 15.6. The first-order chi connectivity index (χ1) is 9.83. The molecule has 0 unspecified atom stereocenters. The Morgan fingerprint density at radius 1 is 1.10 bits per heavy atom. The number of nitrogen functional groups attached to an aromatic ring is 1. The Hall–Kier alpha value is -2.66. The van der Waals surface area contributed by atoms with Crippen LogP contribution in [0.15, 0.2) is 41.3 Å². The van der Waals surface area contributed by atoms with Crippen molar-refractivity contribution >= 4 is 21.4 Å². The minimum atomic E-state index is -4.15. The van der Waals surface area contributed by atoms with Gasteiger partial charge in [0.2, 0.25) is 0 Å². The number of benzene rings is 2. The van der Waals surface area contributed by atoms with Gasteiger partial charge in [0.25, 0.3) is 10.0 Å². The lowest BCUT2D eigenvalue weighted by Gasteiger charge is -2.09. The molecule has 0 radical (unpaired) electrons. The molecule has 2 rings (SSSR count). The van der Waals surface area contributed by atoms with Crippen molar-refractivity contribution in [3.8, 4) is 6.07 Å². The van der Waals surface area contributed by atoms with Gasteiger partial charge in [0.05, 0.1) is 16.1 Å². The summed E-state index contributed by atoms with van der Waals surface area (Å²) in [4.78, 5) is -0.350. The van der Waals surface area contributed by atoms with E-state index in [0.717, 1.165) is 30.3 Å². The van der Waals surface area contributed by atoms with E-state index in [9.17, 15) is 17.2 Å². The molecule has 0 spiro atoms. The van der Waals surface area contributed by atoms with Crippen LogP contribution in [0.4, 0.5) is 20.2 Å². The molecule has 0 fully saturated rings. The molecular formula is C13H9F2N3O2S. The van der Waals surface area contributed by atoms with Crippen LogP contribution in [0.2, 0.25) is 0 Å². The van der Waals surface area contributed by atoms with Gasteiger partial charge in [-0.3, -0.25) is 4.72 Å². The minimum absolute atomic E-state index is 0.143. The van der Waals surface area contributed by atoms with Gasteiger partial charge in [-0.25, -0.2) is 17.2 Å². The highest BCUT2D eigenvalue weighted by Gasteiger charge is 2.18. The molecule has 0 aliphatic heterocycles. The number of rotatable bonds is 3. The summed E-state index contributed by atoms with van der Waals surface area (Å²) in [5.41, 5.74) is 4.78. The van der Waals surface area contributed by atoms with Crippen molar-refractivity contribution < 1.29 is 17.2 Å². The van der Waals surface area contributed by atoms with Gasteiger partial charge in [0.15, 0.2) is 0 Å². The molecule has 0 atom stereocenters. The maximum absolute atomic E-state index is 13.6. The van der Waals surface area contributed by atoms with Gasteiger partial charge in [-0.2, -0.15) is 5.26 Å². The van der Waals surface area contributed by atoms with Crippen LogP contribution >= 0.6 is 0 Å². The Kier molecular flexibility index (Phi) is 3.78. The number of hydrogen-bond donors (Lipinski definition) is 2. The van der Waals surface area contributed by atoms with Crippen LogP contribution in [0.25, 0.3) is 0 Å². The van der Waals surface area contributed by atoms with E-state index >= 15 is 0 Å². The Bertz CT molecular complexity index is 845. The topological polar surface area (TPSA) is 96.0 Å². The van der Waals surface area contributed by atoms with Gasteiger partial charge in [-0.15, -0.1) is 0 Å². The number of sulfonamides is 1. The van der Waals surface area contributed by atoms with Crippen LogP contribution in [0.5, 0.6) is 0 Å². The standard InChI is InChI=1S/C13H9F2N3O2S/c14-11-3-2-10(5-8(11)7-16)21(19,20)18-13-4-1-9(17)6-12(13)15/h1-6,18H,17H2. The lowest BCUT2D eigenvalue weighted by Crippen LogP contribution is -2.14. The third-order valence-corrected chi connectivity index (χ3v) is 3.97. The fraction of sp³-hybridized carbons (Fsp3) is 0. The number of nitrogens with zero attached hydrogens (tertiary/aromatic N) is 1. The molecular weight excluding hydrogens is 300 g/mol. The van der Waals surface area contributed by atoms with Crippen LogP contribution in [0.3, 0.4) is 0 Å². The molecule has 3 N–H and O–H groups in total. The second-order valence-corrected chi connectivity index (χ2v) is 5.78. The first-order valence-corrected chi connectivity index (χ1v) is 7.09. The number of nitrogens with two attached hydrogens (primary N) is 1. The predicted octanol–water partition coefficient (Wildman–Crippen LogP) is 2.22. The normalized spacial score (nSPS) is 10.9. The second kappa shape index (κ2) is 5.38. The fourth-order valence-corrected chi connectivity index (χ4v) is 2.67. The number of anilines is 2. The molecule has 0 saturated heterocycles. The fourth-order valence-electron chi connectivity index (χ4n) is 1.58. The summed E-state index contributed by atoms with van der Waals surface area (Å²) in [6, 6.07) is 7.68. The lowest BCUT2D eigenvalue weighted by molar-refractivity contribution is 0.597. The van der Waals surface area contributed by atoms with Gasteiger partial charge in [-0.05, 0) is 36.4 Å². The van der Waals surface area contributed by atoms with Crippen LogP contribution in [0, 0.1) is 23.0 Å². The van der Waals surface area contributed by atoms with E-state index in [-0.39, 0.29) is 16.3 Å². The maximum atomic E-state index is 13.6. The highest BCUT2D eigenvalue weighted by atomic mass is 32.2. The van der Waals surface area contributed by atoms with Crippen LogP contribution < -0.4 is 10.5 Å². The van der Waals surface area contributed by atoms with Crippen LogP contribution in [-0.4, -0.2) is 8.42 Å². The van der Waals surface area contributed by atoms with Crippen molar-refractivity contribution in [2.24, 2.45) is 0 Å². The molecule has 0 aromatic heterocycles. The molecule has 0 amide bonds. The molecule has 0 aliphatic carbocycles. The van der Waals surface area contributed by atoms with Crippen molar-refractivity contribution in [2.75, 3.05) is 10.5 Å². The first kappa shape index (κ1) is 14.7. The smallest absolute Gasteiger partial charge is 0.262 e. The SMILES string of the molecule is N#Cc1cc(S(=O)(=O)Nc2ccc(N)cc2F)ccc1F. The van der Waals surface area contributed by atoms with E-state index < -0.39 is 27.2 Å². The molecule has 0 heterocycles. The van der Waals surface area contributed by atoms with Crippen molar-refractivity contribution in [3.05, 3.63) is 53.6 Å². The predicted molar refractivity (Wildman–Crippen MR) is 72.7 cm³/mol. The summed E-state index contributed by atoms with van der Waals surface area (Å²) in [5.74, 6) is -1.68. The van der Waals surface area contributed by atoms with Crippen LogP contribution in [-0.2, 0) is 10.0 Å². The molecule has 21 heavy (non-hydrogen) atoms. The Balaban J connectivity index is 2.41. The molecule has 108 valence electrons. The van der Waals surface area contributed by atoms with E-state index in [1.54, 1.807) is 0 Å². The van der Waals surface area contributed by atoms with Gasteiger partial charge in [0.1, 0.15) is 17.7 Å². The highest BCUT2D eigenvalue weighted by Crippen LogP contribution is 2.22. The number of halogens is 2.